The number of ether oxygens (including phenoxy) is 1. The van der Waals surface area contributed by atoms with E-state index in [0.29, 0.717) is 12.8 Å². The third-order valence-corrected chi connectivity index (χ3v) is 3.38. The van der Waals surface area contributed by atoms with Crippen molar-refractivity contribution in [2.75, 3.05) is 7.11 Å². The van der Waals surface area contributed by atoms with Gasteiger partial charge in [-0.15, -0.1) is 0 Å². The minimum atomic E-state index is -0.191. The number of hydrogen-bond donors (Lipinski definition) is 0. The van der Waals surface area contributed by atoms with E-state index < -0.39 is 0 Å². The molecule has 0 aliphatic heterocycles. The molecule has 0 spiro atoms. The molecule has 0 bridgehead atoms. The third kappa shape index (κ3) is 2.92. The Hall–Kier alpha value is -1.90. The first-order valence-corrected chi connectivity index (χ1v) is 6.60. The maximum Gasteiger partial charge on any atom is 0.305 e. The minimum absolute atomic E-state index is 0.191. The monoisotopic (exact) mass is 257 g/mol. The lowest BCUT2D eigenvalue weighted by Gasteiger charge is -2.09. The van der Waals surface area contributed by atoms with E-state index in [1.54, 1.807) is 0 Å². The number of carbonyl (C=O) groups excluding carboxylic acids is 1. The molecular formula is C16H19NO2. The lowest BCUT2D eigenvalue weighted by molar-refractivity contribution is -0.140. The fourth-order valence-electron chi connectivity index (χ4n) is 2.29. The number of nitrogens with zero attached hydrogens (tertiary/aromatic N) is 1. The number of para-hydroxylation sites is 1. The highest BCUT2D eigenvalue weighted by Crippen LogP contribution is 2.22. The van der Waals surface area contributed by atoms with E-state index >= 15 is 0 Å². The molecule has 3 nitrogen and oxygen atoms in total. The van der Waals surface area contributed by atoms with Crippen molar-refractivity contribution >= 4 is 16.9 Å². The van der Waals surface area contributed by atoms with Gasteiger partial charge in [0.05, 0.1) is 19.0 Å². The summed E-state index contributed by atoms with van der Waals surface area (Å²) in [6.45, 7) is 4.22. The van der Waals surface area contributed by atoms with Crippen LogP contribution in [0.5, 0.6) is 0 Å². The predicted molar refractivity (Wildman–Crippen MR) is 76.2 cm³/mol. The first kappa shape index (κ1) is 13.5. The number of benzene rings is 1. The van der Waals surface area contributed by atoms with Crippen LogP contribution in [-0.2, 0) is 22.4 Å². The maximum atomic E-state index is 11.2. The summed E-state index contributed by atoms with van der Waals surface area (Å²) < 4.78 is 4.67. The Bertz CT molecular complexity index is 605. The Kier molecular flexibility index (Phi) is 4.15. The molecular weight excluding hydrogens is 238 g/mol. The van der Waals surface area contributed by atoms with Gasteiger partial charge in [-0.05, 0) is 30.5 Å². The van der Waals surface area contributed by atoms with Gasteiger partial charge in [0.1, 0.15) is 0 Å². The second-order valence-electron chi connectivity index (χ2n) is 4.67. The number of hydrogen-bond acceptors (Lipinski definition) is 3. The van der Waals surface area contributed by atoms with E-state index in [0.717, 1.165) is 17.6 Å². The highest BCUT2D eigenvalue weighted by Gasteiger charge is 2.08. The molecule has 0 N–H and O–H groups in total. The Morgan fingerprint density at radius 1 is 1.37 bits per heavy atom. The topological polar surface area (TPSA) is 39.2 Å². The van der Waals surface area contributed by atoms with Crippen molar-refractivity contribution in [2.45, 2.75) is 33.1 Å². The molecule has 3 heteroatoms. The molecule has 0 radical (unpaired) electrons. The molecule has 0 aliphatic rings. The van der Waals surface area contributed by atoms with Crippen LogP contribution < -0.4 is 0 Å². The van der Waals surface area contributed by atoms with Gasteiger partial charge >= 0.3 is 5.97 Å². The number of carbonyl (C=O) groups is 1. The average molecular weight is 257 g/mol. The molecule has 1 aromatic heterocycles. The van der Waals surface area contributed by atoms with Gasteiger partial charge in [0.15, 0.2) is 0 Å². The van der Waals surface area contributed by atoms with Gasteiger partial charge in [-0.2, -0.15) is 0 Å². The van der Waals surface area contributed by atoms with Crippen LogP contribution in [0.4, 0.5) is 0 Å². The van der Waals surface area contributed by atoms with Crippen LogP contribution in [0, 0.1) is 6.92 Å². The number of aryl methyl sites for hydroxylation is 3. The normalized spacial score (nSPS) is 10.7. The zero-order valence-corrected chi connectivity index (χ0v) is 11.7. The summed E-state index contributed by atoms with van der Waals surface area (Å²) in [5.41, 5.74) is 4.47. The first-order valence-electron chi connectivity index (χ1n) is 6.60. The summed E-state index contributed by atoms with van der Waals surface area (Å²) in [7, 11) is 1.41. The number of methoxy groups -OCH3 is 1. The van der Waals surface area contributed by atoms with Crippen molar-refractivity contribution in [3.63, 3.8) is 0 Å². The van der Waals surface area contributed by atoms with Gasteiger partial charge in [-0.25, -0.2) is 0 Å². The number of pyridine rings is 1. The Morgan fingerprint density at radius 2 is 2.16 bits per heavy atom. The van der Waals surface area contributed by atoms with E-state index in [4.69, 9.17) is 4.98 Å². The van der Waals surface area contributed by atoms with Crippen molar-refractivity contribution in [3.05, 3.63) is 41.1 Å². The Labute approximate surface area is 113 Å². The third-order valence-electron chi connectivity index (χ3n) is 3.38. The fourth-order valence-corrected chi connectivity index (χ4v) is 2.29. The smallest absolute Gasteiger partial charge is 0.305 e. The molecule has 0 unspecified atom stereocenters. The molecule has 1 heterocycles. The molecule has 0 aliphatic carbocycles. The minimum Gasteiger partial charge on any atom is -0.469 e. The highest BCUT2D eigenvalue weighted by atomic mass is 16.5. The molecule has 0 amide bonds. The lowest BCUT2D eigenvalue weighted by atomic mass is 10.0. The quantitative estimate of drug-likeness (QED) is 0.789. The van der Waals surface area contributed by atoms with Gasteiger partial charge in [0.2, 0.25) is 0 Å². The number of fused-ring (bicyclic) bond motifs is 1. The Morgan fingerprint density at radius 3 is 2.84 bits per heavy atom. The largest absolute Gasteiger partial charge is 0.469 e. The van der Waals surface area contributed by atoms with E-state index in [-0.39, 0.29) is 5.97 Å². The van der Waals surface area contributed by atoms with Crippen LogP contribution in [0.2, 0.25) is 0 Å². The van der Waals surface area contributed by atoms with E-state index in [2.05, 4.69) is 42.8 Å². The lowest BCUT2D eigenvalue weighted by Crippen LogP contribution is -2.04. The summed E-state index contributed by atoms with van der Waals surface area (Å²) >= 11 is 0. The van der Waals surface area contributed by atoms with Gasteiger partial charge in [0, 0.05) is 17.5 Å². The summed E-state index contributed by atoms with van der Waals surface area (Å²) in [6, 6.07) is 8.34. The van der Waals surface area contributed by atoms with Crippen LogP contribution >= 0.6 is 0 Å². The van der Waals surface area contributed by atoms with Crippen molar-refractivity contribution in [1.82, 2.24) is 4.98 Å². The molecule has 2 aromatic rings. The highest BCUT2D eigenvalue weighted by molar-refractivity contribution is 5.85. The van der Waals surface area contributed by atoms with Crippen molar-refractivity contribution in [2.24, 2.45) is 0 Å². The van der Waals surface area contributed by atoms with Gasteiger partial charge < -0.3 is 4.74 Å². The standard InChI is InChI=1S/C16H19NO2/c1-4-12-6-5-7-14-11(2)10-13(17-16(12)14)8-9-15(18)19-3/h5-7,10H,4,8-9H2,1-3H3. The van der Waals surface area contributed by atoms with E-state index in [9.17, 15) is 4.79 Å². The second-order valence-corrected chi connectivity index (χ2v) is 4.67. The van der Waals surface area contributed by atoms with Crippen molar-refractivity contribution < 1.29 is 9.53 Å². The number of rotatable bonds is 4. The molecule has 0 atom stereocenters. The van der Waals surface area contributed by atoms with E-state index in [1.165, 1.54) is 23.6 Å². The number of esters is 1. The molecule has 100 valence electrons. The Balaban J connectivity index is 2.39. The molecule has 0 saturated heterocycles. The van der Waals surface area contributed by atoms with Crippen molar-refractivity contribution in [1.29, 1.82) is 0 Å². The first-order chi connectivity index (χ1) is 9.15. The SMILES string of the molecule is CCc1cccc2c(C)cc(CCC(=O)OC)nc12. The van der Waals surface area contributed by atoms with Crippen LogP contribution in [0.25, 0.3) is 10.9 Å². The molecule has 0 saturated carbocycles. The molecule has 0 fully saturated rings. The van der Waals surface area contributed by atoms with Crippen LogP contribution in [0.15, 0.2) is 24.3 Å². The van der Waals surface area contributed by atoms with Crippen LogP contribution in [0.1, 0.15) is 30.2 Å². The van der Waals surface area contributed by atoms with Gasteiger partial charge in [-0.3, -0.25) is 9.78 Å². The zero-order chi connectivity index (χ0) is 13.8. The molecule has 1 aromatic carbocycles. The molecule has 2 rings (SSSR count). The summed E-state index contributed by atoms with van der Waals surface area (Å²) in [6.07, 6.45) is 1.97. The van der Waals surface area contributed by atoms with Crippen LogP contribution in [0.3, 0.4) is 0 Å². The van der Waals surface area contributed by atoms with Crippen molar-refractivity contribution in [3.8, 4) is 0 Å². The average Bonchev–Trinajstić information content (AvgIpc) is 2.44. The molecule has 19 heavy (non-hydrogen) atoms. The van der Waals surface area contributed by atoms with Gasteiger partial charge in [-0.1, -0.05) is 25.1 Å². The summed E-state index contributed by atoms with van der Waals surface area (Å²) in [5, 5.41) is 1.20. The summed E-state index contributed by atoms with van der Waals surface area (Å²) in [5.74, 6) is -0.191. The predicted octanol–water partition coefficient (Wildman–Crippen LogP) is 3.21. The second kappa shape index (κ2) is 5.83. The zero-order valence-electron chi connectivity index (χ0n) is 11.7. The number of aromatic nitrogens is 1. The van der Waals surface area contributed by atoms with Gasteiger partial charge in [0.25, 0.3) is 0 Å². The maximum absolute atomic E-state index is 11.2. The van der Waals surface area contributed by atoms with E-state index in [1.807, 2.05) is 0 Å². The summed E-state index contributed by atoms with van der Waals surface area (Å²) in [4.78, 5) is 15.9. The fraction of sp³-hybridized carbons (Fsp3) is 0.375. The van der Waals surface area contributed by atoms with Crippen LogP contribution in [-0.4, -0.2) is 18.1 Å².